The molecule has 0 bridgehead atoms. The predicted molar refractivity (Wildman–Crippen MR) is 116 cm³/mol. The second kappa shape index (κ2) is 10.8. The van der Waals surface area contributed by atoms with Crippen LogP contribution in [0.1, 0.15) is 37.8 Å². The van der Waals surface area contributed by atoms with E-state index in [1.165, 1.54) is 4.90 Å². The third-order valence-electron chi connectivity index (χ3n) is 5.60. The van der Waals surface area contributed by atoms with Gasteiger partial charge in [0.2, 0.25) is 5.91 Å². The molecule has 164 valence electrons. The van der Waals surface area contributed by atoms with Crippen molar-refractivity contribution >= 4 is 18.0 Å². The molecule has 0 unspecified atom stereocenters. The summed E-state index contributed by atoms with van der Waals surface area (Å²) in [6, 6.07) is 18.8. The molecule has 2 atom stereocenters. The minimum atomic E-state index is -0.611. The summed E-state index contributed by atoms with van der Waals surface area (Å²) in [5.41, 5.74) is 1.95. The zero-order valence-corrected chi connectivity index (χ0v) is 18.0. The number of esters is 1. The van der Waals surface area contributed by atoms with Crippen LogP contribution in [0.15, 0.2) is 60.7 Å². The van der Waals surface area contributed by atoms with Gasteiger partial charge in [0.15, 0.2) is 0 Å². The van der Waals surface area contributed by atoms with E-state index in [9.17, 15) is 14.4 Å². The van der Waals surface area contributed by atoms with Crippen LogP contribution in [0.4, 0.5) is 4.79 Å². The van der Waals surface area contributed by atoms with Gasteiger partial charge in [0, 0.05) is 12.8 Å². The number of hydrogen-bond donors (Lipinski definition) is 0. The van der Waals surface area contributed by atoms with Gasteiger partial charge in [-0.05, 0) is 29.4 Å². The molecule has 3 rings (SSSR count). The summed E-state index contributed by atoms with van der Waals surface area (Å²) in [5.74, 6) is -0.792. The highest BCUT2D eigenvalue weighted by molar-refractivity contribution is 5.93. The van der Waals surface area contributed by atoms with E-state index in [0.717, 1.165) is 11.1 Å². The molecule has 0 aliphatic carbocycles. The van der Waals surface area contributed by atoms with Crippen LogP contribution in [-0.2, 0) is 32.1 Å². The molecule has 0 N–H and O–H groups in total. The molecule has 0 saturated carbocycles. The summed E-state index contributed by atoms with van der Waals surface area (Å²) in [6.07, 6.45) is 0.158. The van der Waals surface area contributed by atoms with Gasteiger partial charge in [-0.1, -0.05) is 74.5 Å². The largest absolute Gasteiger partial charge is 0.461 e. The molecule has 6 heteroatoms. The van der Waals surface area contributed by atoms with Gasteiger partial charge in [0.25, 0.3) is 0 Å². The van der Waals surface area contributed by atoms with Gasteiger partial charge < -0.3 is 9.47 Å². The average molecular weight is 424 g/mol. The highest BCUT2D eigenvalue weighted by Gasteiger charge is 2.39. The zero-order chi connectivity index (χ0) is 22.2. The first kappa shape index (κ1) is 22.5. The van der Waals surface area contributed by atoms with Crippen molar-refractivity contribution in [2.45, 2.75) is 45.8 Å². The van der Waals surface area contributed by atoms with Crippen LogP contribution in [-0.4, -0.2) is 35.5 Å². The van der Waals surface area contributed by atoms with E-state index in [4.69, 9.17) is 9.47 Å². The fourth-order valence-corrected chi connectivity index (χ4v) is 3.68. The normalized spacial score (nSPS) is 16.8. The van der Waals surface area contributed by atoms with Crippen LogP contribution < -0.4 is 0 Å². The number of ether oxygens (including phenoxy) is 2. The monoisotopic (exact) mass is 423 g/mol. The molecule has 1 aliphatic heterocycles. The second-order valence-corrected chi connectivity index (χ2v) is 8.24. The third kappa shape index (κ3) is 6.41. The van der Waals surface area contributed by atoms with Gasteiger partial charge in [-0.2, -0.15) is 0 Å². The number of hydrogen-bond acceptors (Lipinski definition) is 5. The van der Waals surface area contributed by atoms with Gasteiger partial charge in [0.1, 0.15) is 13.2 Å². The Hall–Kier alpha value is -3.15. The van der Waals surface area contributed by atoms with Crippen molar-refractivity contribution in [1.29, 1.82) is 0 Å². The highest BCUT2D eigenvalue weighted by atomic mass is 16.6. The molecule has 0 aromatic heterocycles. The lowest BCUT2D eigenvalue weighted by Gasteiger charge is -2.24. The molecular weight excluding hydrogens is 394 g/mol. The first-order valence-electron chi connectivity index (χ1n) is 10.7. The van der Waals surface area contributed by atoms with Crippen molar-refractivity contribution in [2.75, 3.05) is 6.61 Å². The lowest BCUT2D eigenvalue weighted by Crippen LogP contribution is -2.41. The fraction of sp³-hybridized carbons (Fsp3) is 0.400. The van der Waals surface area contributed by atoms with Gasteiger partial charge in [-0.15, -0.1) is 0 Å². The lowest BCUT2D eigenvalue weighted by atomic mass is 9.88. The summed E-state index contributed by atoms with van der Waals surface area (Å²) in [6.45, 7) is 4.32. The number of amides is 2. The summed E-state index contributed by atoms with van der Waals surface area (Å²) >= 11 is 0. The van der Waals surface area contributed by atoms with Gasteiger partial charge in [-0.3, -0.25) is 9.59 Å². The molecule has 0 spiro atoms. The summed E-state index contributed by atoms with van der Waals surface area (Å²) in [4.78, 5) is 38.8. The van der Waals surface area contributed by atoms with Crippen LogP contribution in [0.5, 0.6) is 0 Å². The number of benzene rings is 2. The zero-order valence-electron chi connectivity index (χ0n) is 18.0. The maximum Gasteiger partial charge on any atom is 0.416 e. The molecule has 0 radical (unpaired) electrons. The Morgan fingerprint density at radius 2 is 1.61 bits per heavy atom. The second-order valence-electron chi connectivity index (χ2n) is 8.24. The number of carbonyl (C=O) groups excluding carboxylic acids is 3. The quantitative estimate of drug-likeness (QED) is 0.560. The number of imide groups is 1. The molecule has 1 fully saturated rings. The van der Waals surface area contributed by atoms with E-state index in [1.54, 1.807) is 0 Å². The minimum Gasteiger partial charge on any atom is -0.461 e. The van der Waals surface area contributed by atoms with Crippen LogP contribution in [0.3, 0.4) is 0 Å². The molecular formula is C25H29NO5. The van der Waals surface area contributed by atoms with E-state index >= 15 is 0 Å². The van der Waals surface area contributed by atoms with Crippen molar-refractivity contribution in [1.82, 2.24) is 4.90 Å². The summed E-state index contributed by atoms with van der Waals surface area (Å²) < 4.78 is 10.5. The van der Waals surface area contributed by atoms with Crippen molar-refractivity contribution in [3.8, 4) is 0 Å². The first-order valence-corrected chi connectivity index (χ1v) is 10.7. The highest BCUT2D eigenvalue weighted by Crippen LogP contribution is 2.25. The Balaban J connectivity index is 1.58. The van der Waals surface area contributed by atoms with Gasteiger partial charge in [-0.25, -0.2) is 9.69 Å². The first-order chi connectivity index (χ1) is 14.9. The Kier molecular flexibility index (Phi) is 7.82. The number of carbonyl (C=O) groups is 3. The van der Waals surface area contributed by atoms with Crippen molar-refractivity contribution in [3.63, 3.8) is 0 Å². The Labute approximate surface area is 183 Å². The van der Waals surface area contributed by atoms with E-state index in [-0.39, 0.29) is 55.8 Å². The average Bonchev–Trinajstić information content (AvgIpc) is 3.13. The van der Waals surface area contributed by atoms with Crippen LogP contribution in [0.25, 0.3) is 0 Å². The minimum absolute atomic E-state index is 0.0828. The van der Waals surface area contributed by atoms with Crippen LogP contribution in [0, 0.1) is 11.8 Å². The Morgan fingerprint density at radius 3 is 2.23 bits per heavy atom. The Morgan fingerprint density at radius 1 is 1.00 bits per heavy atom. The SMILES string of the molecule is CC(C)[C@H](CC(=O)OCc1ccccc1)CC(=O)N1C(=O)OC[C@@H]1Cc1ccccc1. The standard InChI is InChI=1S/C25H29NO5/c1-18(2)21(15-24(28)30-16-20-11-7-4-8-12-20)14-23(27)26-22(17-31-25(26)29)13-19-9-5-3-6-10-19/h3-12,18,21-22H,13-17H2,1-2H3/t21-,22-/m0/s1. The number of rotatable bonds is 9. The van der Waals surface area contributed by atoms with E-state index in [2.05, 4.69) is 0 Å². The molecule has 2 amide bonds. The smallest absolute Gasteiger partial charge is 0.416 e. The fourth-order valence-electron chi connectivity index (χ4n) is 3.68. The molecule has 1 heterocycles. The van der Waals surface area contributed by atoms with E-state index in [1.807, 2.05) is 74.5 Å². The van der Waals surface area contributed by atoms with Crippen LogP contribution >= 0.6 is 0 Å². The molecule has 2 aromatic rings. The van der Waals surface area contributed by atoms with Gasteiger partial charge in [0.05, 0.1) is 6.04 Å². The van der Waals surface area contributed by atoms with Crippen LogP contribution in [0.2, 0.25) is 0 Å². The summed E-state index contributed by atoms with van der Waals surface area (Å²) in [5, 5.41) is 0. The topological polar surface area (TPSA) is 72.9 Å². The maximum atomic E-state index is 13.0. The van der Waals surface area contributed by atoms with E-state index in [0.29, 0.717) is 6.42 Å². The van der Waals surface area contributed by atoms with Gasteiger partial charge >= 0.3 is 12.1 Å². The Bertz CT molecular complexity index is 881. The predicted octanol–water partition coefficient (Wildman–Crippen LogP) is 4.37. The number of cyclic esters (lactones) is 1. The molecule has 6 nitrogen and oxygen atoms in total. The molecule has 2 aromatic carbocycles. The molecule has 31 heavy (non-hydrogen) atoms. The lowest BCUT2D eigenvalue weighted by molar-refractivity contribution is -0.146. The van der Waals surface area contributed by atoms with Crippen molar-refractivity contribution in [2.24, 2.45) is 11.8 Å². The summed E-state index contributed by atoms with van der Waals surface area (Å²) in [7, 11) is 0. The van der Waals surface area contributed by atoms with E-state index < -0.39 is 6.09 Å². The number of nitrogens with zero attached hydrogens (tertiary/aromatic N) is 1. The maximum absolute atomic E-state index is 13.0. The molecule has 1 saturated heterocycles. The third-order valence-corrected chi connectivity index (χ3v) is 5.60. The molecule has 1 aliphatic rings. The van der Waals surface area contributed by atoms with Crippen molar-refractivity contribution < 1.29 is 23.9 Å². The van der Waals surface area contributed by atoms with Crippen molar-refractivity contribution in [3.05, 3.63) is 71.8 Å².